The highest BCUT2D eigenvalue weighted by atomic mass is 32.1. The summed E-state index contributed by atoms with van der Waals surface area (Å²) in [6.07, 6.45) is 2.42. The minimum Gasteiger partial charge on any atom is -0.356 e. The van der Waals surface area contributed by atoms with Gasteiger partial charge in [0.05, 0.1) is 12.2 Å². The second-order valence-corrected chi connectivity index (χ2v) is 6.43. The lowest BCUT2D eigenvalue weighted by Crippen LogP contribution is -2.37. The summed E-state index contributed by atoms with van der Waals surface area (Å²) in [5.74, 6) is 1.62. The van der Waals surface area contributed by atoms with Crippen molar-refractivity contribution in [3.63, 3.8) is 0 Å². The van der Waals surface area contributed by atoms with E-state index in [2.05, 4.69) is 41.4 Å². The van der Waals surface area contributed by atoms with Crippen molar-refractivity contribution >= 4 is 17.3 Å². The first kappa shape index (κ1) is 16.0. The van der Waals surface area contributed by atoms with Crippen LogP contribution < -0.4 is 10.6 Å². The van der Waals surface area contributed by atoms with Crippen molar-refractivity contribution in [3.05, 3.63) is 15.6 Å². The van der Waals surface area contributed by atoms with Gasteiger partial charge in [0, 0.05) is 18.5 Å². The maximum Gasteiger partial charge on any atom is 0.191 e. The van der Waals surface area contributed by atoms with E-state index in [0.717, 1.165) is 35.7 Å². The standard InChI is InChI=1S/C14H26N4S/c1-10(2)7-6-8-16-14(15-5)17-9-13-18-11(3)12(4)19-13/h10H,6-9H2,1-5H3,(H2,15,16,17). The maximum absolute atomic E-state index is 4.51. The third-order valence-electron chi connectivity index (χ3n) is 2.95. The Bertz CT molecular complexity index is 390. The van der Waals surface area contributed by atoms with Crippen molar-refractivity contribution in [2.24, 2.45) is 10.9 Å². The number of thiazole rings is 1. The van der Waals surface area contributed by atoms with Gasteiger partial charge in [0.1, 0.15) is 5.01 Å². The summed E-state index contributed by atoms with van der Waals surface area (Å²) in [5.41, 5.74) is 1.13. The molecule has 0 amide bonds. The van der Waals surface area contributed by atoms with Crippen LogP contribution in [0.4, 0.5) is 0 Å². The van der Waals surface area contributed by atoms with Crippen LogP contribution in [0.25, 0.3) is 0 Å². The smallest absolute Gasteiger partial charge is 0.191 e. The lowest BCUT2D eigenvalue weighted by Gasteiger charge is -2.11. The first-order valence-electron chi connectivity index (χ1n) is 6.90. The molecule has 2 N–H and O–H groups in total. The van der Waals surface area contributed by atoms with Gasteiger partial charge in [-0.05, 0) is 32.6 Å². The van der Waals surface area contributed by atoms with Crippen LogP contribution >= 0.6 is 11.3 Å². The van der Waals surface area contributed by atoms with E-state index in [1.807, 2.05) is 6.92 Å². The highest BCUT2D eigenvalue weighted by molar-refractivity contribution is 7.11. The van der Waals surface area contributed by atoms with Crippen LogP contribution in [-0.2, 0) is 6.54 Å². The molecule has 0 fully saturated rings. The van der Waals surface area contributed by atoms with Gasteiger partial charge in [-0.2, -0.15) is 0 Å². The molecule has 4 nitrogen and oxygen atoms in total. The summed E-state index contributed by atoms with van der Waals surface area (Å²) in [5, 5.41) is 7.74. The zero-order valence-corrected chi connectivity index (χ0v) is 13.5. The molecule has 1 heterocycles. The van der Waals surface area contributed by atoms with Crippen molar-refractivity contribution in [2.75, 3.05) is 13.6 Å². The number of aromatic nitrogens is 1. The monoisotopic (exact) mass is 282 g/mol. The summed E-state index contributed by atoms with van der Waals surface area (Å²) < 4.78 is 0. The Labute approximate surface area is 120 Å². The van der Waals surface area contributed by atoms with Crippen molar-refractivity contribution < 1.29 is 0 Å². The molecule has 0 aliphatic heterocycles. The van der Waals surface area contributed by atoms with E-state index >= 15 is 0 Å². The molecule has 0 unspecified atom stereocenters. The zero-order valence-electron chi connectivity index (χ0n) is 12.7. The Hall–Kier alpha value is -1.10. The van der Waals surface area contributed by atoms with Gasteiger partial charge < -0.3 is 10.6 Å². The zero-order chi connectivity index (χ0) is 14.3. The Morgan fingerprint density at radius 2 is 2.05 bits per heavy atom. The highest BCUT2D eigenvalue weighted by Crippen LogP contribution is 2.15. The van der Waals surface area contributed by atoms with Crippen molar-refractivity contribution in [2.45, 2.75) is 47.1 Å². The normalized spacial score (nSPS) is 12.0. The molecule has 1 rings (SSSR count). The molecule has 0 radical (unpaired) electrons. The lowest BCUT2D eigenvalue weighted by atomic mass is 10.1. The van der Waals surface area contributed by atoms with Crippen molar-refractivity contribution in [3.8, 4) is 0 Å². The van der Waals surface area contributed by atoms with Crippen LogP contribution in [-0.4, -0.2) is 24.5 Å². The molecule has 0 aromatic carbocycles. The van der Waals surface area contributed by atoms with Crippen LogP contribution in [0.2, 0.25) is 0 Å². The Kier molecular flexibility index (Phi) is 6.84. The molecule has 0 bridgehead atoms. The van der Waals surface area contributed by atoms with E-state index in [1.165, 1.54) is 17.7 Å². The Balaban J connectivity index is 2.29. The van der Waals surface area contributed by atoms with E-state index in [1.54, 1.807) is 18.4 Å². The average Bonchev–Trinajstić information content (AvgIpc) is 2.67. The van der Waals surface area contributed by atoms with Crippen molar-refractivity contribution in [1.29, 1.82) is 0 Å². The molecular formula is C14H26N4S. The first-order valence-corrected chi connectivity index (χ1v) is 7.72. The predicted molar refractivity (Wildman–Crippen MR) is 83.9 cm³/mol. The Morgan fingerprint density at radius 3 is 2.58 bits per heavy atom. The summed E-state index contributed by atoms with van der Waals surface area (Å²) in [7, 11) is 1.80. The lowest BCUT2D eigenvalue weighted by molar-refractivity contribution is 0.549. The third-order valence-corrected chi connectivity index (χ3v) is 4.03. The fourth-order valence-electron chi connectivity index (χ4n) is 1.71. The van der Waals surface area contributed by atoms with Gasteiger partial charge in [-0.3, -0.25) is 4.99 Å². The molecule has 0 spiro atoms. The number of hydrogen-bond donors (Lipinski definition) is 2. The molecule has 0 saturated carbocycles. The number of nitrogens with one attached hydrogen (secondary N) is 2. The van der Waals surface area contributed by atoms with Crippen LogP contribution in [0.1, 0.15) is 42.3 Å². The van der Waals surface area contributed by atoms with Crippen LogP contribution in [0.5, 0.6) is 0 Å². The summed E-state index contributed by atoms with van der Waals surface area (Å²) in [6.45, 7) is 10.4. The van der Waals surface area contributed by atoms with Crippen LogP contribution in [0.3, 0.4) is 0 Å². The fourth-order valence-corrected chi connectivity index (χ4v) is 2.59. The summed E-state index contributed by atoms with van der Waals surface area (Å²) in [6, 6.07) is 0. The van der Waals surface area contributed by atoms with Crippen molar-refractivity contribution in [1.82, 2.24) is 15.6 Å². The summed E-state index contributed by atoms with van der Waals surface area (Å²) in [4.78, 5) is 10.0. The number of aryl methyl sites for hydroxylation is 2. The topological polar surface area (TPSA) is 49.3 Å². The van der Waals surface area contributed by atoms with E-state index in [-0.39, 0.29) is 0 Å². The first-order chi connectivity index (χ1) is 9.02. The quantitative estimate of drug-likeness (QED) is 0.479. The predicted octanol–water partition coefficient (Wildman–Crippen LogP) is 2.86. The van der Waals surface area contributed by atoms with Gasteiger partial charge in [0.25, 0.3) is 0 Å². The molecule has 1 aromatic rings. The average molecular weight is 282 g/mol. The van der Waals surface area contributed by atoms with E-state index in [4.69, 9.17) is 0 Å². The SMILES string of the molecule is CN=C(NCCCC(C)C)NCc1nc(C)c(C)s1. The van der Waals surface area contributed by atoms with E-state index in [0.29, 0.717) is 0 Å². The fraction of sp³-hybridized carbons (Fsp3) is 0.714. The molecule has 0 atom stereocenters. The number of guanidine groups is 1. The van der Waals surface area contributed by atoms with E-state index in [9.17, 15) is 0 Å². The van der Waals surface area contributed by atoms with E-state index < -0.39 is 0 Å². The molecule has 1 aromatic heterocycles. The van der Waals surface area contributed by atoms with Gasteiger partial charge in [-0.15, -0.1) is 11.3 Å². The molecule has 108 valence electrons. The number of rotatable bonds is 6. The van der Waals surface area contributed by atoms with Gasteiger partial charge >= 0.3 is 0 Å². The number of nitrogens with zero attached hydrogens (tertiary/aromatic N) is 2. The van der Waals surface area contributed by atoms with Crippen LogP contribution in [0, 0.1) is 19.8 Å². The molecule has 0 saturated heterocycles. The third kappa shape index (κ3) is 6.05. The van der Waals surface area contributed by atoms with Gasteiger partial charge in [-0.1, -0.05) is 13.8 Å². The number of aliphatic imine (C=N–C) groups is 1. The molecule has 19 heavy (non-hydrogen) atoms. The minimum absolute atomic E-state index is 0.739. The second-order valence-electron chi connectivity index (χ2n) is 5.14. The number of hydrogen-bond acceptors (Lipinski definition) is 3. The second kappa shape index (κ2) is 8.15. The van der Waals surface area contributed by atoms with Gasteiger partial charge in [0.15, 0.2) is 5.96 Å². The largest absolute Gasteiger partial charge is 0.356 e. The molecule has 0 aliphatic rings. The minimum atomic E-state index is 0.739. The Morgan fingerprint density at radius 1 is 1.32 bits per heavy atom. The van der Waals surface area contributed by atoms with Gasteiger partial charge in [-0.25, -0.2) is 4.98 Å². The summed E-state index contributed by atoms with van der Waals surface area (Å²) >= 11 is 1.74. The van der Waals surface area contributed by atoms with Gasteiger partial charge in [0.2, 0.25) is 0 Å². The van der Waals surface area contributed by atoms with Crippen LogP contribution in [0.15, 0.2) is 4.99 Å². The molecule has 0 aliphatic carbocycles. The maximum atomic E-state index is 4.51. The molecular weight excluding hydrogens is 256 g/mol. The highest BCUT2D eigenvalue weighted by Gasteiger charge is 2.04. The molecule has 5 heteroatoms.